The molecule has 1 aromatic carbocycles. The molecule has 0 saturated carbocycles. The van der Waals surface area contributed by atoms with E-state index in [0.29, 0.717) is 17.7 Å². The summed E-state index contributed by atoms with van der Waals surface area (Å²) in [5, 5.41) is 35.6. The van der Waals surface area contributed by atoms with Gasteiger partial charge in [0.25, 0.3) is 0 Å². The Morgan fingerprint density at radius 1 is 0.925 bits per heavy atom. The second-order valence-corrected chi connectivity index (χ2v) is 9.52. The monoisotopic (exact) mass is 560 g/mol. The standard InChI is InChI=1S/C26H36N6O8/c1-3-14(2)22(27)25(38)31-19(11-16-12-28-13-29-16)24(37)30-18(8-9-21(34)35)23(36)32-20(26(39)40)10-15-4-6-17(33)7-5-15/h4-7,12-14,18-20,22,33H,3,8-11,27H2,1-2H3,(H,28,29)(H,30,37)(H,31,38)(H,32,36)(H,34,35)(H,39,40). The van der Waals surface area contributed by atoms with Gasteiger partial charge >= 0.3 is 11.9 Å². The lowest BCUT2D eigenvalue weighted by molar-refractivity contribution is -0.143. The van der Waals surface area contributed by atoms with Gasteiger partial charge in [0.15, 0.2) is 0 Å². The molecule has 0 radical (unpaired) electrons. The van der Waals surface area contributed by atoms with Gasteiger partial charge in [0, 0.05) is 31.2 Å². The van der Waals surface area contributed by atoms with Crippen LogP contribution in [0.3, 0.4) is 0 Å². The van der Waals surface area contributed by atoms with E-state index in [1.807, 2.05) is 6.92 Å². The average molecular weight is 561 g/mol. The Balaban J connectivity index is 2.22. The van der Waals surface area contributed by atoms with Gasteiger partial charge in [-0.2, -0.15) is 0 Å². The number of aromatic amines is 1. The van der Waals surface area contributed by atoms with E-state index in [-0.39, 0.29) is 30.9 Å². The van der Waals surface area contributed by atoms with Crippen LogP contribution < -0.4 is 21.7 Å². The van der Waals surface area contributed by atoms with E-state index in [0.717, 1.165) is 0 Å². The molecule has 0 bridgehead atoms. The summed E-state index contributed by atoms with van der Waals surface area (Å²) in [6.45, 7) is 3.65. The molecule has 0 aliphatic rings. The zero-order valence-corrected chi connectivity index (χ0v) is 22.3. The topological polar surface area (TPSA) is 237 Å². The number of aliphatic carboxylic acids is 2. The zero-order valence-electron chi connectivity index (χ0n) is 22.3. The van der Waals surface area contributed by atoms with E-state index in [1.54, 1.807) is 6.92 Å². The van der Waals surface area contributed by atoms with Gasteiger partial charge in [-0.25, -0.2) is 9.78 Å². The fraction of sp³-hybridized carbons (Fsp3) is 0.462. The molecule has 0 fully saturated rings. The number of benzene rings is 1. The molecular formula is C26H36N6O8. The molecule has 3 amide bonds. The van der Waals surface area contributed by atoms with E-state index in [1.165, 1.54) is 36.8 Å². The Hall–Kier alpha value is -4.46. The third-order valence-corrected chi connectivity index (χ3v) is 6.44. The number of carboxylic acids is 2. The quantitative estimate of drug-likeness (QED) is 0.133. The number of nitrogens with two attached hydrogens (primary N) is 1. The summed E-state index contributed by atoms with van der Waals surface area (Å²) in [5.74, 6) is -5.07. The third-order valence-electron chi connectivity index (χ3n) is 6.44. The maximum Gasteiger partial charge on any atom is 0.326 e. The number of aromatic nitrogens is 2. The van der Waals surface area contributed by atoms with Gasteiger partial charge in [-0.15, -0.1) is 0 Å². The fourth-order valence-electron chi connectivity index (χ4n) is 3.75. The number of rotatable bonds is 16. The van der Waals surface area contributed by atoms with Crippen molar-refractivity contribution in [2.24, 2.45) is 11.7 Å². The van der Waals surface area contributed by atoms with E-state index in [4.69, 9.17) is 10.8 Å². The predicted octanol–water partition coefficient (Wildman–Crippen LogP) is -0.322. The number of imidazole rings is 1. The van der Waals surface area contributed by atoms with Crippen molar-refractivity contribution >= 4 is 29.7 Å². The highest BCUT2D eigenvalue weighted by Gasteiger charge is 2.31. The summed E-state index contributed by atoms with van der Waals surface area (Å²) in [6.07, 6.45) is 2.47. The number of carbonyl (C=O) groups is 5. The van der Waals surface area contributed by atoms with Crippen LogP contribution in [0.4, 0.5) is 0 Å². The first-order valence-electron chi connectivity index (χ1n) is 12.8. The minimum Gasteiger partial charge on any atom is -0.508 e. The molecule has 5 unspecified atom stereocenters. The Kier molecular flexibility index (Phi) is 12.1. The highest BCUT2D eigenvalue weighted by molar-refractivity contribution is 5.94. The summed E-state index contributed by atoms with van der Waals surface area (Å²) < 4.78 is 0. The van der Waals surface area contributed by atoms with Gasteiger partial charge in [0.05, 0.1) is 12.4 Å². The maximum atomic E-state index is 13.3. The van der Waals surface area contributed by atoms with Crippen molar-refractivity contribution in [1.82, 2.24) is 25.9 Å². The third kappa shape index (κ3) is 10.0. The van der Waals surface area contributed by atoms with Crippen molar-refractivity contribution in [3.8, 4) is 5.75 Å². The number of H-pyrrole nitrogens is 1. The maximum absolute atomic E-state index is 13.3. The largest absolute Gasteiger partial charge is 0.508 e. The van der Waals surface area contributed by atoms with E-state index in [9.17, 15) is 34.2 Å². The number of nitrogens with zero attached hydrogens (tertiary/aromatic N) is 1. The lowest BCUT2D eigenvalue weighted by atomic mass is 9.98. The minimum absolute atomic E-state index is 0.0157. The van der Waals surface area contributed by atoms with E-state index < -0.39 is 60.2 Å². The van der Waals surface area contributed by atoms with E-state index in [2.05, 4.69) is 25.9 Å². The number of phenolic OH excluding ortho intramolecular Hbond substituents is 1. The van der Waals surface area contributed by atoms with Crippen LogP contribution >= 0.6 is 0 Å². The fourth-order valence-corrected chi connectivity index (χ4v) is 3.75. The number of hydrogen-bond donors (Lipinski definition) is 8. The minimum atomic E-state index is -1.42. The molecule has 1 aromatic heterocycles. The van der Waals surface area contributed by atoms with Crippen LogP contribution in [0.25, 0.3) is 0 Å². The first kappa shape index (κ1) is 31.8. The lowest BCUT2D eigenvalue weighted by Gasteiger charge is -2.26. The molecule has 0 aliphatic carbocycles. The summed E-state index contributed by atoms with van der Waals surface area (Å²) in [6, 6.07) is 0.798. The van der Waals surface area contributed by atoms with Crippen molar-refractivity contribution < 1.29 is 39.3 Å². The highest BCUT2D eigenvalue weighted by atomic mass is 16.4. The molecule has 40 heavy (non-hydrogen) atoms. The van der Waals surface area contributed by atoms with Crippen molar-refractivity contribution in [2.75, 3.05) is 0 Å². The number of carbonyl (C=O) groups excluding carboxylic acids is 3. The second-order valence-electron chi connectivity index (χ2n) is 9.52. The first-order valence-corrected chi connectivity index (χ1v) is 12.8. The lowest BCUT2D eigenvalue weighted by Crippen LogP contribution is -2.58. The van der Waals surface area contributed by atoms with Crippen molar-refractivity contribution in [3.05, 3.63) is 48.0 Å². The van der Waals surface area contributed by atoms with Crippen molar-refractivity contribution in [2.45, 2.75) is 70.1 Å². The Morgan fingerprint density at radius 2 is 1.52 bits per heavy atom. The van der Waals surface area contributed by atoms with Gasteiger partial charge in [-0.3, -0.25) is 19.2 Å². The summed E-state index contributed by atoms with van der Waals surface area (Å²) in [4.78, 5) is 69.0. The van der Waals surface area contributed by atoms with Gasteiger partial charge in [0.1, 0.15) is 23.9 Å². The van der Waals surface area contributed by atoms with Crippen LogP contribution in [0.1, 0.15) is 44.4 Å². The second kappa shape index (κ2) is 15.2. The summed E-state index contributed by atoms with van der Waals surface area (Å²) in [7, 11) is 0. The van der Waals surface area contributed by atoms with Crippen LogP contribution in [0, 0.1) is 5.92 Å². The van der Waals surface area contributed by atoms with Crippen molar-refractivity contribution in [3.63, 3.8) is 0 Å². The highest BCUT2D eigenvalue weighted by Crippen LogP contribution is 2.12. The molecule has 1 heterocycles. The molecule has 14 heteroatoms. The number of hydrogen-bond acceptors (Lipinski definition) is 8. The number of aromatic hydroxyl groups is 1. The molecule has 5 atom stereocenters. The summed E-state index contributed by atoms with van der Waals surface area (Å²) >= 11 is 0. The van der Waals surface area contributed by atoms with Crippen LogP contribution in [-0.4, -0.2) is 79.1 Å². The van der Waals surface area contributed by atoms with Crippen LogP contribution in [0.5, 0.6) is 5.75 Å². The molecule has 218 valence electrons. The Morgan fingerprint density at radius 3 is 2.08 bits per heavy atom. The smallest absolute Gasteiger partial charge is 0.326 e. The Labute approximate surface area is 230 Å². The van der Waals surface area contributed by atoms with Gasteiger partial charge in [-0.05, 0) is 30.0 Å². The van der Waals surface area contributed by atoms with Gasteiger partial charge < -0.3 is 42.0 Å². The molecule has 0 saturated heterocycles. The van der Waals surface area contributed by atoms with Crippen LogP contribution in [-0.2, 0) is 36.8 Å². The predicted molar refractivity (Wildman–Crippen MR) is 142 cm³/mol. The number of phenols is 1. The first-order chi connectivity index (χ1) is 18.9. The normalized spacial score (nSPS) is 14.7. The SMILES string of the molecule is CCC(C)C(N)C(=O)NC(Cc1cnc[nH]1)C(=O)NC(CCC(=O)O)C(=O)NC(Cc1ccc(O)cc1)C(=O)O. The summed E-state index contributed by atoms with van der Waals surface area (Å²) in [5.41, 5.74) is 7.03. The molecule has 0 aliphatic heterocycles. The molecule has 9 N–H and O–H groups in total. The molecule has 14 nitrogen and oxygen atoms in total. The average Bonchev–Trinajstić information content (AvgIpc) is 3.43. The molecule has 2 aromatic rings. The van der Waals surface area contributed by atoms with Gasteiger partial charge in [0.2, 0.25) is 17.7 Å². The van der Waals surface area contributed by atoms with E-state index >= 15 is 0 Å². The van der Waals surface area contributed by atoms with Gasteiger partial charge in [-0.1, -0.05) is 32.4 Å². The molecule has 2 rings (SSSR count). The molecular weight excluding hydrogens is 524 g/mol. The zero-order chi connectivity index (χ0) is 29.8. The number of amides is 3. The van der Waals surface area contributed by atoms with Crippen molar-refractivity contribution in [1.29, 1.82) is 0 Å². The number of nitrogens with one attached hydrogen (secondary N) is 4. The molecule has 0 spiro atoms. The van der Waals surface area contributed by atoms with Crippen LogP contribution in [0.15, 0.2) is 36.8 Å². The van der Waals surface area contributed by atoms with Crippen LogP contribution in [0.2, 0.25) is 0 Å². The Bertz CT molecular complexity index is 1150. The number of carboxylic acid groups (broad SMARTS) is 2.